The number of esters is 1. The molecule has 0 unspecified atom stereocenters. The summed E-state index contributed by atoms with van der Waals surface area (Å²) in [5.41, 5.74) is -0.0934. The molecule has 1 saturated heterocycles. The minimum atomic E-state index is -0.980. The molecule has 3 aliphatic carbocycles. The van der Waals surface area contributed by atoms with Crippen molar-refractivity contribution < 1.29 is 28.9 Å². The van der Waals surface area contributed by atoms with Gasteiger partial charge < -0.3 is 19.3 Å². The first-order valence-electron chi connectivity index (χ1n) is 12.8. The van der Waals surface area contributed by atoms with Crippen LogP contribution >= 0.6 is 0 Å². The normalized spacial score (nSPS) is 33.8. The molecule has 2 aliphatic heterocycles. The van der Waals surface area contributed by atoms with Gasteiger partial charge in [0.25, 0.3) is 0 Å². The number of carbonyl (C=O) groups excluding carboxylic acids is 2. The van der Waals surface area contributed by atoms with Crippen molar-refractivity contribution in [2.45, 2.75) is 94.5 Å². The van der Waals surface area contributed by atoms with E-state index in [-0.39, 0.29) is 30.8 Å². The number of Topliss-reactive ketones (excluding diaryl/α,β-unsaturated/α-hetero) is 1. The number of hydrogen-bond acceptors (Lipinski definition) is 7. The van der Waals surface area contributed by atoms with E-state index >= 15 is 0 Å². The third kappa shape index (κ3) is 3.23. The summed E-state index contributed by atoms with van der Waals surface area (Å²) >= 11 is 0. The van der Waals surface area contributed by atoms with Gasteiger partial charge in [0, 0.05) is 24.6 Å². The Kier molecular flexibility index (Phi) is 4.89. The largest absolute Gasteiger partial charge is 0.489 e. The monoisotopic (exact) mass is 469 g/mol. The summed E-state index contributed by atoms with van der Waals surface area (Å²) in [6.07, 6.45) is 4.32. The topological polar surface area (TPSA) is 85.3 Å². The number of ether oxygens (including phenoxy) is 3. The lowest BCUT2D eigenvalue weighted by molar-refractivity contribution is -0.188. The first kappa shape index (κ1) is 22.4. The van der Waals surface area contributed by atoms with Crippen molar-refractivity contribution in [3.05, 3.63) is 23.3 Å². The average molecular weight is 470 g/mol. The van der Waals surface area contributed by atoms with Crippen molar-refractivity contribution in [3.8, 4) is 11.5 Å². The fraction of sp³-hybridized carbons (Fsp3) is 0.704. The Morgan fingerprint density at radius 3 is 2.79 bits per heavy atom. The van der Waals surface area contributed by atoms with E-state index < -0.39 is 22.7 Å². The van der Waals surface area contributed by atoms with Gasteiger partial charge in [-0.15, -0.1) is 0 Å². The second-order valence-corrected chi connectivity index (χ2v) is 11.9. The lowest BCUT2D eigenvalue weighted by Gasteiger charge is -2.62. The van der Waals surface area contributed by atoms with Crippen LogP contribution in [0.5, 0.6) is 11.5 Å². The van der Waals surface area contributed by atoms with E-state index in [1.807, 2.05) is 26.8 Å². The van der Waals surface area contributed by atoms with Crippen molar-refractivity contribution >= 4 is 11.8 Å². The molecule has 3 fully saturated rings. The number of hydrogen-bond donors (Lipinski definition) is 1. The molecule has 6 rings (SSSR count). The van der Waals surface area contributed by atoms with E-state index in [0.717, 1.165) is 36.6 Å². The maximum atomic E-state index is 13.1. The molecule has 1 aromatic rings. The molecule has 2 bridgehead atoms. The standard InChI is InChI=1S/C27H35NO6/c1-25(2,3)34-21(30)9-13-32-19-7-6-17-14-20-27(31)10-8-18(29)24-26(27,22(17)23(19)33-24)11-12-28(20)15-16-4-5-16/h6-7,16,20,24,31H,4-5,8-15H2,1-3H3/t20-,24+,26+,27-/m0/s1. The number of piperidine rings is 1. The minimum Gasteiger partial charge on any atom is -0.489 e. The van der Waals surface area contributed by atoms with Crippen molar-refractivity contribution in [1.82, 2.24) is 4.90 Å². The Morgan fingerprint density at radius 2 is 2.06 bits per heavy atom. The first-order chi connectivity index (χ1) is 16.1. The molecule has 1 spiro atoms. The highest BCUT2D eigenvalue weighted by atomic mass is 16.6. The van der Waals surface area contributed by atoms with Crippen LogP contribution in [0.3, 0.4) is 0 Å². The van der Waals surface area contributed by atoms with Crippen LogP contribution in [0.2, 0.25) is 0 Å². The summed E-state index contributed by atoms with van der Waals surface area (Å²) in [5, 5.41) is 12.3. The number of aliphatic hydroxyl groups is 1. The van der Waals surface area contributed by atoms with Gasteiger partial charge in [-0.1, -0.05) is 6.07 Å². The van der Waals surface area contributed by atoms with Gasteiger partial charge >= 0.3 is 5.97 Å². The Labute approximate surface area is 200 Å². The number of rotatable bonds is 6. The summed E-state index contributed by atoms with van der Waals surface area (Å²) in [4.78, 5) is 27.7. The quantitative estimate of drug-likeness (QED) is 0.641. The summed E-state index contributed by atoms with van der Waals surface area (Å²) in [6, 6.07) is 3.98. The van der Waals surface area contributed by atoms with Crippen molar-refractivity contribution in [3.63, 3.8) is 0 Å². The van der Waals surface area contributed by atoms with Gasteiger partial charge in [0.2, 0.25) is 0 Å². The molecule has 1 aromatic carbocycles. The van der Waals surface area contributed by atoms with Gasteiger partial charge in [-0.05, 0) is 77.0 Å². The lowest BCUT2D eigenvalue weighted by Crippen LogP contribution is -2.76. The molecule has 0 amide bonds. The first-order valence-corrected chi connectivity index (χ1v) is 12.8. The van der Waals surface area contributed by atoms with E-state index in [2.05, 4.69) is 11.0 Å². The zero-order valence-electron chi connectivity index (χ0n) is 20.4. The zero-order valence-corrected chi connectivity index (χ0v) is 20.4. The van der Waals surface area contributed by atoms with Crippen LogP contribution in [0.15, 0.2) is 12.1 Å². The average Bonchev–Trinajstić information content (AvgIpc) is 3.49. The van der Waals surface area contributed by atoms with Crippen LogP contribution in [0.1, 0.15) is 70.4 Å². The number of carbonyl (C=O) groups is 2. The number of ketones is 1. The van der Waals surface area contributed by atoms with Crippen LogP contribution < -0.4 is 9.47 Å². The van der Waals surface area contributed by atoms with Crippen LogP contribution in [0.4, 0.5) is 0 Å². The smallest absolute Gasteiger partial charge is 0.309 e. The fourth-order valence-corrected chi connectivity index (χ4v) is 7.00. The Balaban J connectivity index is 1.32. The van der Waals surface area contributed by atoms with Crippen LogP contribution in [0, 0.1) is 5.92 Å². The summed E-state index contributed by atoms with van der Waals surface area (Å²) < 4.78 is 17.8. The second-order valence-electron chi connectivity index (χ2n) is 11.9. The van der Waals surface area contributed by atoms with Crippen LogP contribution in [-0.2, 0) is 26.2 Å². The van der Waals surface area contributed by atoms with Gasteiger partial charge in [0.1, 0.15) is 5.60 Å². The molecule has 5 aliphatic rings. The highest BCUT2D eigenvalue weighted by Gasteiger charge is 2.73. The fourth-order valence-electron chi connectivity index (χ4n) is 7.00. The molecule has 0 radical (unpaired) electrons. The highest BCUT2D eigenvalue weighted by Crippen LogP contribution is 2.65. The molecule has 1 N–H and O–H groups in total. The molecule has 7 heteroatoms. The summed E-state index contributed by atoms with van der Waals surface area (Å²) in [6.45, 7) is 7.60. The molecule has 0 aromatic heterocycles. The van der Waals surface area contributed by atoms with Crippen molar-refractivity contribution in [1.29, 1.82) is 0 Å². The van der Waals surface area contributed by atoms with E-state index in [4.69, 9.17) is 14.2 Å². The minimum absolute atomic E-state index is 0.0124. The summed E-state index contributed by atoms with van der Waals surface area (Å²) in [7, 11) is 0. The molecule has 2 heterocycles. The molecular weight excluding hydrogens is 434 g/mol. The lowest BCUT2D eigenvalue weighted by atomic mass is 9.49. The number of nitrogens with zero attached hydrogens (tertiary/aromatic N) is 1. The van der Waals surface area contributed by atoms with Crippen LogP contribution in [0.25, 0.3) is 0 Å². The second kappa shape index (κ2) is 7.44. The Hall–Kier alpha value is -2.12. The number of likely N-dealkylation sites (tertiary alicyclic amines) is 1. The third-order valence-electron chi connectivity index (χ3n) is 8.53. The van der Waals surface area contributed by atoms with Gasteiger partial charge in [-0.25, -0.2) is 0 Å². The summed E-state index contributed by atoms with van der Waals surface area (Å²) in [5.74, 6) is 1.64. The Bertz CT molecular complexity index is 1040. The van der Waals surface area contributed by atoms with Gasteiger partial charge in [0.05, 0.1) is 24.0 Å². The van der Waals surface area contributed by atoms with Crippen LogP contribution in [-0.4, -0.2) is 64.8 Å². The highest BCUT2D eigenvalue weighted by molar-refractivity contribution is 5.90. The SMILES string of the molecule is CC(C)(C)OC(=O)CCOc1ccc2c3c1O[C@@H]1C(=O)CC[C@]4(O)[C@H](C2)N(CC2CC2)CC[C@@]314. The van der Waals surface area contributed by atoms with E-state index in [1.165, 1.54) is 12.8 Å². The van der Waals surface area contributed by atoms with E-state index in [1.54, 1.807) is 0 Å². The van der Waals surface area contributed by atoms with Crippen molar-refractivity contribution in [2.24, 2.45) is 5.92 Å². The van der Waals surface area contributed by atoms with E-state index in [9.17, 15) is 14.7 Å². The third-order valence-corrected chi connectivity index (χ3v) is 8.53. The predicted molar refractivity (Wildman–Crippen MR) is 124 cm³/mol. The van der Waals surface area contributed by atoms with Gasteiger partial charge in [-0.3, -0.25) is 14.5 Å². The molecule has 4 atom stereocenters. The molecule has 2 saturated carbocycles. The van der Waals surface area contributed by atoms with Gasteiger partial charge in [-0.2, -0.15) is 0 Å². The van der Waals surface area contributed by atoms with Crippen molar-refractivity contribution in [2.75, 3.05) is 19.7 Å². The Morgan fingerprint density at radius 1 is 1.26 bits per heavy atom. The van der Waals surface area contributed by atoms with Gasteiger partial charge in [0.15, 0.2) is 23.4 Å². The zero-order chi connectivity index (χ0) is 23.9. The maximum Gasteiger partial charge on any atom is 0.309 e. The van der Waals surface area contributed by atoms with E-state index in [0.29, 0.717) is 30.8 Å². The maximum absolute atomic E-state index is 13.1. The number of benzene rings is 1. The molecule has 184 valence electrons. The molecular formula is C27H35NO6. The molecule has 7 nitrogen and oxygen atoms in total. The molecule has 34 heavy (non-hydrogen) atoms. The predicted octanol–water partition coefficient (Wildman–Crippen LogP) is 2.93.